The predicted molar refractivity (Wildman–Crippen MR) is 64.0 cm³/mol. The van der Waals surface area contributed by atoms with Crippen molar-refractivity contribution in [3.63, 3.8) is 0 Å². The minimum Gasteiger partial charge on any atom is -0.550 e. The second-order valence-electron chi connectivity index (χ2n) is 4.01. The Kier molecular flexibility index (Phi) is 5.54. The van der Waals surface area contributed by atoms with E-state index in [2.05, 4.69) is 0 Å². The molecule has 0 fully saturated rings. The first-order valence-electron chi connectivity index (χ1n) is 5.54. The molecule has 0 radical (unpaired) electrons. The Morgan fingerprint density at radius 2 is 1.74 bits per heavy atom. The molecule has 1 heterocycles. The van der Waals surface area contributed by atoms with E-state index in [0.717, 1.165) is 0 Å². The molecule has 0 N–H and O–H groups in total. The summed E-state index contributed by atoms with van der Waals surface area (Å²) in [4.78, 5) is 22.7. The van der Waals surface area contributed by atoms with E-state index in [0.29, 0.717) is 17.0 Å². The Morgan fingerprint density at radius 1 is 1.11 bits per heavy atom. The molecule has 0 aliphatic rings. The van der Waals surface area contributed by atoms with Crippen molar-refractivity contribution < 1.29 is 44.3 Å². The van der Waals surface area contributed by atoms with Crippen LogP contribution in [0.3, 0.4) is 0 Å². The summed E-state index contributed by atoms with van der Waals surface area (Å²) in [6.45, 7) is 0. The van der Waals surface area contributed by atoms with Gasteiger partial charge < -0.3 is 14.5 Å². The monoisotopic (exact) mass is 265 g/mol. The van der Waals surface area contributed by atoms with Crippen LogP contribution in [0.5, 0.6) is 0 Å². The third-order valence-corrected chi connectivity index (χ3v) is 2.82. The zero-order chi connectivity index (χ0) is 13.1. The Hall–Kier alpha value is -1.36. The van der Waals surface area contributed by atoms with Gasteiger partial charge in [-0.15, -0.1) is 0 Å². The summed E-state index contributed by atoms with van der Waals surface area (Å²) in [5, 5.41) is 10.6. The van der Waals surface area contributed by atoms with E-state index < -0.39 is 5.97 Å². The van der Waals surface area contributed by atoms with E-state index in [9.17, 15) is 14.7 Å². The number of rotatable bonds is 4. The SMILES string of the molecule is Cn1c(CC(=O)[O-])ccc1C(=O)c1ccccc1.[Na+]. The molecule has 0 saturated carbocycles. The summed E-state index contributed by atoms with van der Waals surface area (Å²) in [5.41, 5.74) is 1.60. The van der Waals surface area contributed by atoms with E-state index in [4.69, 9.17) is 0 Å². The van der Waals surface area contributed by atoms with Gasteiger partial charge in [-0.2, -0.15) is 0 Å². The molecule has 0 spiro atoms. The van der Waals surface area contributed by atoms with Gasteiger partial charge in [0.05, 0.1) is 5.69 Å². The quantitative estimate of drug-likeness (QED) is 0.455. The summed E-state index contributed by atoms with van der Waals surface area (Å²) >= 11 is 0. The number of carbonyl (C=O) groups excluding carboxylic acids is 2. The Bertz CT molecular complexity index is 590. The van der Waals surface area contributed by atoms with Gasteiger partial charge in [0.2, 0.25) is 5.78 Å². The van der Waals surface area contributed by atoms with E-state index in [1.54, 1.807) is 48.0 Å². The molecule has 0 bridgehead atoms. The molecule has 1 aromatic heterocycles. The molecule has 0 amide bonds. The van der Waals surface area contributed by atoms with Gasteiger partial charge in [-0.1, -0.05) is 30.3 Å². The van der Waals surface area contributed by atoms with Crippen LogP contribution in [0.4, 0.5) is 0 Å². The molecule has 2 aromatic rings. The number of benzene rings is 1. The summed E-state index contributed by atoms with van der Waals surface area (Å²) in [5.74, 6) is -1.28. The number of carboxylic acids is 1. The standard InChI is InChI=1S/C14H13NO3.Na/c1-15-11(9-13(16)17)7-8-12(15)14(18)10-5-3-2-4-6-10;/h2-8H,9H2,1H3,(H,16,17);/q;+1/p-1. The molecule has 5 heteroatoms. The third kappa shape index (κ3) is 3.56. The number of hydrogen-bond donors (Lipinski definition) is 0. The third-order valence-electron chi connectivity index (χ3n) is 2.82. The summed E-state index contributed by atoms with van der Waals surface area (Å²) in [6, 6.07) is 12.1. The summed E-state index contributed by atoms with van der Waals surface area (Å²) < 4.78 is 1.59. The number of aliphatic carboxylic acids is 1. The number of carbonyl (C=O) groups is 2. The van der Waals surface area contributed by atoms with Gasteiger partial charge in [0.1, 0.15) is 0 Å². The average molecular weight is 265 g/mol. The maximum Gasteiger partial charge on any atom is 1.00 e. The Morgan fingerprint density at radius 3 is 2.32 bits per heavy atom. The van der Waals surface area contributed by atoms with Gasteiger partial charge >= 0.3 is 29.6 Å². The molecule has 0 aliphatic carbocycles. The van der Waals surface area contributed by atoms with Crippen LogP contribution in [0.2, 0.25) is 0 Å². The number of hydrogen-bond acceptors (Lipinski definition) is 3. The largest absolute Gasteiger partial charge is 1.00 e. The van der Waals surface area contributed by atoms with Gasteiger partial charge in [0, 0.05) is 30.7 Å². The average Bonchev–Trinajstić information content (AvgIpc) is 2.71. The minimum absolute atomic E-state index is 0. The number of carboxylic acid groups (broad SMARTS) is 1. The van der Waals surface area contributed by atoms with E-state index in [1.165, 1.54) is 0 Å². The van der Waals surface area contributed by atoms with Crippen LogP contribution in [0, 0.1) is 0 Å². The molecule has 0 saturated heterocycles. The molecule has 0 aliphatic heterocycles. The Balaban J connectivity index is 0.00000180. The molecule has 19 heavy (non-hydrogen) atoms. The van der Waals surface area contributed by atoms with Crippen LogP contribution in [-0.4, -0.2) is 16.3 Å². The molecular formula is C14H12NNaO3. The van der Waals surface area contributed by atoms with Gasteiger partial charge in [-0.25, -0.2) is 0 Å². The zero-order valence-electron chi connectivity index (χ0n) is 10.9. The first kappa shape index (κ1) is 15.7. The first-order valence-corrected chi connectivity index (χ1v) is 5.54. The van der Waals surface area contributed by atoms with Crippen LogP contribution in [0.1, 0.15) is 21.7 Å². The predicted octanol–water partition coefficient (Wildman–Crippen LogP) is -2.45. The van der Waals surface area contributed by atoms with Gasteiger partial charge in [0.15, 0.2) is 0 Å². The van der Waals surface area contributed by atoms with E-state index >= 15 is 0 Å². The molecule has 2 rings (SSSR count). The first-order chi connectivity index (χ1) is 8.59. The van der Waals surface area contributed by atoms with Crippen LogP contribution in [0.15, 0.2) is 42.5 Å². The van der Waals surface area contributed by atoms with Crippen LogP contribution in [0.25, 0.3) is 0 Å². The molecular weight excluding hydrogens is 253 g/mol. The van der Waals surface area contributed by atoms with Crippen molar-refractivity contribution in [2.24, 2.45) is 7.05 Å². The van der Waals surface area contributed by atoms with Crippen LogP contribution >= 0.6 is 0 Å². The van der Waals surface area contributed by atoms with Crippen molar-refractivity contribution in [2.45, 2.75) is 6.42 Å². The fourth-order valence-electron chi connectivity index (χ4n) is 1.84. The zero-order valence-corrected chi connectivity index (χ0v) is 12.9. The van der Waals surface area contributed by atoms with Crippen molar-refractivity contribution in [1.29, 1.82) is 0 Å². The molecule has 0 unspecified atom stereocenters. The minimum atomic E-state index is -1.16. The molecule has 1 aromatic carbocycles. The van der Waals surface area contributed by atoms with Crippen LogP contribution in [-0.2, 0) is 18.3 Å². The smallest absolute Gasteiger partial charge is 0.550 e. The topological polar surface area (TPSA) is 62.1 Å². The van der Waals surface area contributed by atoms with E-state index in [1.807, 2.05) is 6.07 Å². The maximum atomic E-state index is 12.2. The summed E-state index contributed by atoms with van der Waals surface area (Å²) in [7, 11) is 1.68. The van der Waals surface area contributed by atoms with Crippen molar-refractivity contribution in [3.05, 3.63) is 59.4 Å². The number of aromatic nitrogens is 1. The van der Waals surface area contributed by atoms with Crippen molar-refractivity contribution in [1.82, 2.24) is 4.57 Å². The molecule has 92 valence electrons. The fraction of sp³-hybridized carbons (Fsp3) is 0.143. The fourth-order valence-corrected chi connectivity index (χ4v) is 1.84. The number of nitrogens with zero attached hydrogens (tertiary/aromatic N) is 1. The van der Waals surface area contributed by atoms with Gasteiger partial charge in [-0.3, -0.25) is 4.79 Å². The number of ketones is 1. The second-order valence-corrected chi connectivity index (χ2v) is 4.01. The Labute approximate surface area is 133 Å². The van der Waals surface area contributed by atoms with Gasteiger partial charge in [0.25, 0.3) is 0 Å². The second kappa shape index (κ2) is 6.70. The van der Waals surface area contributed by atoms with Crippen LogP contribution < -0.4 is 34.7 Å². The molecule has 0 atom stereocenters. The van der Waals surface area contributed by atoms with Crippen molar-refractivity contribution >= 4 is 11.8 Å². The van der Waals surface area contributed by atoms with Crippen molar-refractivity contribution in [2.75, 3.05) is 0 Å². The van der Waals surface area contributed by atoms with Crippen molar-refractivity contribution in [3.8, 4) is 0 Å². The van der Waals surface area contributed by atoms with Gasteiger partial charge in [-0.05, 0) is 12.1 Å². The summed E-state index contributed by atoms with van der Waals surface area (Å²) in [6.07, 6.45) is -0.196. The van der Waals surface area contributed by atoms with E-state index in [-0.39, 0.29) is 41.8 Å². The molecule has 4 nitrogen and oxygen atoms in total. The normalized spacial score (nSPS) is 9.74. The maximum absolute atomic E-state index is 12.2.